The first-order valence-corrected chi connectivity index (χ1v) is 11.7. The molecule has 2 aromatic rings. The van der Waals surface area contributed by atoms with Gasteiger partial charge in [-0.05, 0) is 41.0 Å². The van der Waals surface area contributed by atoms with E-state index in [0.717, 1.165) is 35.1 Å². The Labute approximate surface area is 198 Å². The highest BCUT2D eigenvalue weighted by Crippen LogP contribution is 2.44. The Morgan fingerprint density at radius 3 is 2.26 bits per heavy atom. The van der Waals surface area contributed by atoms with Crippen LogP contribution < -0.4 is 10.6 Å². The number of aliphatic carboxylic acids is 1. The maximum absolute atomic E-state index is 12.6. The van der Waals surface area contributed by atoms with Crippen LogP contribution in [-0.2, 0) is 14.3 Å². The molecular weight excluding hydrogens is 436 g/mol. The van der Waals surface area contributed by atoms with E-state index in [4.69, 9.17) is 9.84 Å². The maximum Gasteiger partial charge on any atom is 0.407 e. The Kier molecular flexibility index (Phi) is 7.47. The monoisotopic (exact) mass is 466 g/mol. The largest absolute Gasteiger partial charge is 0.480 e. The van der Waals surface area contributed by atoms with Crippen molar-refractivity contribution in [1.29, 1.82) is 0 Å². The van der Waals surface area contributed by atoms with E-state index in [1.807, 2.05) is 24.3 Å². The third-order valence-electron chi connectivity index (χ3n) is 6.88. The van der Waals surface area contributed by atoms with Crippen molar-refractivity contribution in [3.8, 4) is 11.1 Å². The molecule has 0 heterocycles. The zero-order valence-corrected chi connectivity index (χ0v) is 18.9. The fraction of sp³-hybridized carbons (Fsp3) is 0.423. The number of carbonyl (C=O) groups excluding carboxylic acids is 2. The fourth-order valence-corrected chi connectivity index (χ4v) is 5.16. The number of amides is 2. The molecule has 2 aliphatic rings. The summed E-state index contributed by atoms with van der Waals surface area (Å²) in [6.07, 6.45) is 1.65. The minimum Gasteiger partial charge on any atom is -0.480 e. The lowest BCUT2D eigenvalue weighted by molar-refractivity contribution is -0.143. The highest BCUT2D eigenvalue weighted by Gasteiger charge is 2.35. The molecule has 8 heteroatoms. The first-order valence-electron chi connectivity index (χ1n) is 11.7. The summed E-state index contributed by atoms with van der Waals surface area (Å²) in [5.74, 6) is -2.02. The van der Waals surface area contributed by atoms with Crippen molar-refractivity contribution in [3.63, 3.8) is 0 Å². The molecule has 0 aliphatic heterocycles. The normalized spacial score (nSPS) is 19.7. The first-order chi connectivity index (χ1) is 16.5. The molecule has 2 aromatic carbocycles. The SMILES string of the molecule is O=C(NCC1CCCC1C(=O)N[C@@H](CCO)C(=O)O)OCC1c2ccccc2-c2ccccc21. The topological polar surface area (TPSA) is 125 Å². The summed E-state index contributed by atoms with van der Waals surface area (Å²) in [5.41, 5.74) is 4.60. The van der Waals surface area contributed by atoms with Gasteiger partial charge in [-0.25, -0.2) is 9.59 Å². The van der Waals surface area contributed by atoms with Crippen LogP contribution in [0.2, 0.25) is 0 Å². The Morgan fingerprint density at radius 2 is 1.65 bits per heavy atom. The highest BCUT2D eigenvalue weighted by atomic mass is 16.5. The Bertz CT molecular complexity index is 1010. The molecule has 0 saturated heterocycles. The number of carbonyl (C=O) groups is 3. The molecular formula is C26H30N2O6. The second-order valence-electron chi connectivity index (χ2n) is 8.92. The van der Waals surface area contributed by atoms with Gasteiger partial charge in [0, 0.05) is 31.4 Å². The quantitative estimate of drug-likeness (QED) is 0.450. The summed E-state index contributed by atoms with van der Waals surface area (Å²) < 4.78 is 5.57. The number of carboxylic acid groups (broad SMARTS) is 1. The lowest BCUT2D eigenvalue weighted by Gasteiger charge is -2.22. The van der Waals surface area contributed by atoms with Crippen LogP contribution in [0.5, 0.6) is 0 Å². The van der Waals surface area contributed by atoms with E-state index in [1.165, 1.54) is 0 Å². The van der Waals surface area contributed by atoms with E-state index < -0.39 is 18.1 Å². The summed E-state index contributed by atoms with van der Waals surface area (Å²) in [6, 6.07) is 15.1. The third-order valence-corrected chi connectivity index (χ3v) is 6.88. The van der Waals surface area contributed by atoms with Gasteiger partial charge in [0.15, 0.2) is 0 Å². The molecule has 2 aliphatic carbocycles. The molecule has 1 fully saturated rings. The van der Waals surface area contributed by atoms with Crippen LogP contribution in [-0.4, -0.2) is 54.0 Å². The molecule has 0 bridgehead atoms. The van der Waals surface area contributed by atoms with Gasteiger partial charge in [0.05, 0.1) is 0 Å². The van der Waals surface area contributed by atoms with Gasteiger partial charge < -0.3 is 25.6 Å². The zero-order valence-electron chi connectivity index (χ0n) is 18.9. The molecule has 0 radical (unpaired) electrons. The van der Waals surface area contributed by atoms with Gasteiger partial charge in [-0.1, -0.05) is 55.0 Å². The first kappa shape index (κ1) is 23.8. The third kappa shape index (κ3) is 5.07. The number of alkyl carbamates (subject to hydrolysis) is 1. The molecule has 2 amide bonds. The van der Waals surface area contributed by atoms with E-state index in [9.17, 15) is 19.5 Å². The van der Waals surface area contributed by atoms with Crippen LogP contribution in [0.4, 0.5) is 4.79 Å². The molecule has 4 rings (SSSR count). The van der Waals surface area contributed by atoms with Crippen LogP contribution in [0.15, 0.2) is 48.5 Å². The van der Waals surface area contributed by atoms with E-state index in [-0.39, 0.29) is 49.8 Å². The molecule has 2 unspecified atom stereocenters. The summed E-state index contributed by atoms with van der Waals surface area (Å²) >= 11 is 0. The number of nitrogens with one attached hydrogen (secondary N) is 2. The van der Waals surface area contributed by atoms with Crippen LogP contribution >= 0.6 is 0 Å². The highest BCUT2D eigenvalue weighted by molar-refractivity contribution is 5.85. The number of aliphatic hydroxyl groups excluding tert-OH is 1. The summed E-state index contributed by atoms with van der Waals surface area (Å²) in [6.45, 7) is 0.178. The fourth-order valence-electron chi connectivity index (χ4n) is 5.16. The lowest BCUT2D eigenvalue weighted by Crippen LogP contribution is -2.46. The van der Waals surface area contributed by atoms with Crippen molar-refractivity contribution < 1.29 is 29.3 Å². The summed E-state index contributed by atoms with van der Waals surface area (Å²) in [7, 11) is 0. The average molecular weight is 467 g/mol. The molecule has 0 spiro atoms. The Morgan fingerprint density at radius 1 is 1.00 bits per heavy atom. The van der Waals surface area contributed by atoms with Gasteiger partial charge in [-0.2, -0.15) is 0 Å². The minimum absolute atomic E-state index is 0.0253. The van der Waals surface area contributed by atoms with Crippen LogP contribution in [0, 0.1) is 11.8 Å². The van der Waals surface area contributed by atoms with Crippen molar-refractivity contribution >= 4 is 18.0 Å². The predicted octanol–water partition coefficient (Wildman–Crippen LogP) is 2.89. The number of carboxylic acids is 1. The summed E-state index contributed by atoms with van der Waals surface area (Å²) in [5, 5.41) is 23.5. The number of hydrogen-bond acceptors (Lipinski definition) is 5. The van der Waals surface area contributed by atoms with Crippen LogP contribution in [0.1, 0.15) is 42.7 Å². The van der Waals surface area contributed by atoms with Crippen molar-refractivity contribution in [2.75, 3.05) is 19.8 Å². The number of ether oxygens (including phenoxy) is 1. The van der Waals surface area contributed by atoms with Crippen LogP contribution in [0.3, 0.4) is 0 Å². The van der Waals surface area contributed by atoms with Crippen molar-refractivity contribution in [2.45, 2.75) is 37.6 Å². The number of rotatable bonds is 9. The number of benzene rings is 2. The zero-order chi connectivity index (χ0) is 24.1. The van der Waals surface area contributed by atoms with E-state index in [2.05, 4.69) is 34.9 Å². The number of aliphatic hydroxyl groups is 1. The second-order valence-corrected chi connectivity index (χ2v) is 8.92. The van der Waals surface area contributed by atoms with Crippen LogP contribution in [0.25, 0.3) is 11.1 Å². The molecule has 4 N–H and O–H groups in total. The number of fused-ring (bicyclic) bond motifs is 3. The van der Waals surface area contributed by atoms with E-state index in [0.29, 0.717) is 6.42 Å². The van der Waals surface area contributed by atoms with Crippen molar-refractivity contribution in [2.24, 2.45) is 11.8 Å². The van der Waals surface area contributed by atoms with E-state index >= 15 is 0 Å². The van der Waals surface area contributed by atoms with Gasteiger partial charge in [-0.3, -0.25) is 4.79 Å². The maximum atomic E-state index is 12.6. The Hall–Kier alpha value is -3.39. The van der Waals surface area contributed by atoms with Gasteiger partial charge >= 0.3 is 12.1 Å². The Balaban J connectivity index is 1.30. The summed E-state index contributed by atoms with van der Waals surface area (Å²) in [4.78, 5) is 36.4. The molecule has 3 atom stereocenters. The standard InChI is InChI=1S/C26H30N2O6/c29-13-12-23(25(31)32)28-24(30)17-11-5-6-16(17)14-27-26(33)34-15-22-20-9-3-1-7-18(20)19-8-2-4-10-21(19)22/h1-4,7-10,16-17,22-23,29H,5-6,11-15H2,(H,27,33)(H,28,30)(H,31,32)/t16?,17?,23-/m0/s1. The van der Waals surface area contributed by atoms with Crippen molar-refractivity contribution in [3.05, 3.63) is 59.7 Å². The second kappa shape index (κ2) is 10.7. The predicted molar refractivity (Wildman–Crippen MR) is 125 cm³/mol. The van der Waals surface area contributed by atoms with Crippen molar-refractivity contribution in [1.82, 2.24) is 10.6 Å². The molecule has 8 nitrogen and oxygen atoms in total. The van der Waals surface area contributed by atoms with E-state index in [1.54, 1.807) is 0 Å². The van der Waals surface area contributed by atoms with Gasteiger partial charge in [0.25, 0.3) is 0 Å². The average Bonchev–Trinajstić information content (AvgIpc) is 3.44. The molecule has 0 aromatic heterocycles. The smallest absolute Gasteiger partial charge is 0.407 e. The molecule has 180 valence electrons. The number of hydrogen-bond donors (Lipinski definition) is 4. The minimum atomic E-state index is -1.17. The lowest BCUT2D eigenvalue weighted by atomic mass is 9.94. The van der Waals surface area contributed by atoms with Gasteiger partial charge in [0.2, 0.25) is 5.91 Å². The van der Waals surface area contributed by atoms with Gasteiger partial charge in [-0.15, -0.1) is 0 Å². The molecule has 34 heavy (non-hydrogen) atoms. The van der Waals surface area contributed by atoms with Gasteiger partial charge in [0.1, 0.15) is 12.6 Å². The molecule has 1 saturated carbocycles.